The van der Waals surface area contributed by atoms with Crippen LogP contribution in [0.5, 0.6) is 0 Å². The molecule has 96 valence electrons. The van der Waals surface area contributed by atoms with Crippen LogP contribution in [0.4, 0.5) is 5.82 Å². The third kappa shape index (κ3) is 2.20. The van der Waals surface area contributed by atoms with Gasteiger partial charge in [-0.15, -0.1) is 5.10 Å². The molecule has 3 rings (SSSR count). The zero-order valence-electron chi connectivity index (χ0n) is 10.6. The summed E-state index contributed by atoms with van der Waals surface area (Å²) < 4.78 is 3.61. The summed E-state index contributed by atoms with van der Waals surface area (Å²) in [7, 11) is 0. The van der Waals surface area contributed by atoms with Crippen LogP contribution in [0.2, 0.25) is 0 Å². The Bertz CT molecular complexity index is 666. The van der Waals surface area contributed by atoms with E-state index in [1.165, 1.54) is 0 Å². The summed E-state index contributed by atoms with van der Waals surface area (Å²) in [5.74, 6) is 0.480. The fourth-order valence-corrected chi connectivity index (χ4v) is 1.87. The molecule has 2 heterocycles. The van der Waals surface area contributed by atoms with Gasteiger partial charge in [-0.3, -0.25) is 0 Å². The second-order valence-electron chi connectivity index (χ2n) is 4.33. The quantitative estimate of drug-likeness (QED) is 0.766. The molecule has 2 aromatic heterocycles. The van der Waals surface area contributed by atoms with Gasteiger partial charge >= 0.3 is 0 Å². The first kappa shape index (κ1) is 11.5. The van der Waals surface area contributed by atoms with E-state index in [0.29, 0.717) is 12.4 Å². The fraction of sp³-hybridized carbons (Fsp3) is 0.154. The van der Waals surface area contributed by atoms with Crippen molar-refractivity contribution in [3.05, 3.63) is 54.0 Å². The maximum Gasteiger partial charge on any atom is 0.168 e. The van der Waals surface area contributed by atoms with E-state index in [4.69, 9.17) is 5.73 Å². The van der Waals surface area contributed by atoms with Crippen LogP contribution in [0.3, 0.4) is 0 Å². The minimum atomic E-state index is 0.480. The molecule has 0 saturated heterocycles. The molecule has 0 aliphatic rings. The van der Waals surface area contributed by atoms with Gasteiger partial charge in [-0.25, -0.2) is 9.36 Å². The molecule has 0 radical (unpaired) electrons. The van der Waals surface area contributed by atoms with Crippen molar-refractivity contribution in [1.82, 2.24) is 24.8 Å². The molecule has 0 fully saturated rings. The molecule has 0 amide bonds. The first-order valence-electron chi connectivity index (χ1n) is 5.98. The van der Waals surface area contributed by atoms with Gasteiger partial charge in [-0.2, -0.15) is 5.10 Å². The van der Waals surface area contributed by atoms with Crippen LogP contribution in [-0.2, 0) is 6.54 Å². The number of rotatable bonds is 3. The average molecular weight is 254 g/mol. The van der Waals surface area contributed by atoms with Crippen molar-refractivity contribution in [2.45, 2.75) is 13.5 Å². The molecule has 2 N–H and O–H groups in total. The Morgan fingerprint density at radius 3 is 2.58 bits per heavy atom. The summed E-state index contributed by atoms with van der Waals surface area (Å²) in [4.78, 5) is 0. The number of benzene rings is 1. The van der Waals surface area contributed by atoms with E-state index in [2.05, 4.69) is 15.4 Å². The standard InChI is InChI=1S/C13H14N6/c1-10-13(14)16-17-19(10)9-11-3-5-12(6-4-11)18-8-2-7-15-18/h2-8H,9,14H2,1H3. The second kappa shape index (κ2) is 4.56. The molecule has 0 atom stereocenters. The average Bonchev–Trinajstić information content (AvgIpc) is 3.06. The Hall–Kier alpha value is -2.63. The van der Waals surface area contributed by atoms with Crippen LogP contribution in [0.1, 0.15) is 11.3 Å². The summed E-state index contributed by atoms with van der Waals surface area (Å²) in [6.45, 7) is 2.57. The predicted octanol–water partition coefficient (Wildman–Crippen LogP) is 1.40. The number of nitrogens with zero attached hydrogens (tertiary/aromatic N) is 5. The fourth-order valence-electron chi connectivity index (χ4n) is 1.87. The van der Waals surface area contributed by atoms with Crippen molar-refractivity contribution in [1.29, 1.82) is 0 Å². The highest BCUT2D eigenvalue weighted by Gasteiger charge is 2.05. The molecule has 0 unspecified atom stereocenters. The van der Waals surface area contributed by atoms with Crippen molar-refractivity contribution < 1.29 is 0 Å². The van der Waals surface area contributed by atoms with Crippen molar-refractivity contribution in [2.75, 3.05) is 5.73 Å². The minimum absolute atomic E-state index is 0.480. The van der Waals surface area contributed by atoms with Gasteiger partial charge < -0.3 is 5.73 Å². The van der Waals surface area contributed by atoms with Gasteiger partial charge in [0.05, 0.1) is 17.9 Å². The number of hydrogen-bond acceptors (Lipinski definition) is 4. The molecule has 6 heteroatoms. The largest absolute Gasteiger partial charge is 0.381 e. The molecule has 1 aromatic carbocycles. The van der Waals surface area contributed by atoms with Crippen LogP contribution >= 0.6 is 0 Å². The molecule has 0 bridgehead atoms. The van der Waals surface area contributed by atoms with Gasteiger partial charge in [0.2, 0.25) is 0 Å². The minimum Gasteiger partial charge on any atom is -0.381 e. The van der Waals surface area contributed by atoms with E-state index in [1.54, 1.807) is 10.9 Å². The van der Waals surface area contributed by atoms with Crippen molar-refractivity contribution in [3.63, 3.8) is 0 Å². The predicted molar refractivity (Wildman–Crippen MR) is 71.8 cm³/mol. The highest BCUT2D eigenvalue weighted by molar-refractivity contribution is 5.35. The summed E-state index contributed by atoms with van der Waals surface area (Å²) >= 11 is 0. The zero-order chi connectivity index (χ0) is 13.2. The Morgan fingerprint density at radius 2 is 2.00 bits per heavy atom. The van der Waals surface area contributed by atoms with Crippen LogP contribution < -0.4 is 5.73 Å². The molecular formula is C13H14N6. The summed E-state index contributed by atoms with van der Waals surface area (Å²) in [5.41, 5.74) is 8.74. The summed E-state index contributed by atoms with van der Waals surface area (Å²) in [6.07, 6.45) is 3.67. The Morgan fingerprint density at radius 1 is 1.21 bits per heavy atom. The molecule has 0 spiro atoms. The molecule has 19 heavy (non-hydrogen) atoms. The van der Waals surface area contributed by atoms with Crippen LogP contribution in [0, 0.1) is 6.92 Å². The molecule has 0 aliphatic carbocycles. The maximum atomic E-state index is 5.68. The van der Waals surface area contributed by atoms with E-state index in [0.717, 1.165) is 16.9 Å². The van der Waals surface area contributed by atoms with Gasteiger partial charge in [-0.1, -0.05) is 17.3 Å². The Balaban J connectivity index is 1.82. The first-order chi connectivity index (χ1) is 9.24. The topological polar surface area (TPSA) is 74.5 Å². The highest BCUT2D eigenvalue weighted by atomic mass is 15.4. The monoisotopic (exact) mass is 254 g/mol. The van der Waals surface area contributed by atoms with Crippen molar-refractivity contribution in [2.24, 2.45) is 0 Å². The smallest absolute Gasteiger partial charge is 0.168 e. The summed E-state index contributed by atoms with van der Waals surface area (Å²) in [5, 5.41) is 12.0. The van der Waals surface area contributed by atoms with Crippen LogP contribution in [0.15, 0.2) is 42.7 Å². The first-order valence-corrected chi connectivity index (χ1v) is 5.98. The Kier molecular flexibility index (Phi) is 2.75. The second-order valence-corrected chi connectivity index (χ2v) is 4.33. The van der Waals surface area contributed by atoms with Gasteiger partial charge in [0, 0.05) is 12.4 Å². The SMILES string of the molecule is Cc1c(N)nnn1Cc1ccc(-n2cccn2)cc1. The lowest BCUT2D eigenvalue weighted by Gasteiger charge is -2.05. The zero-order valence-corrected chi connectivity index (χ0v) is 10.6. The maximum absolute atomic E-state index is 5.68. The molecule has 0 saturated carbocycles. The molecule has 3 aromatic rings. The number of hydrogen-bond donors (Lipinski definition) is 1. The van der Waals surface area contributed by atoms with Gasteiger partial charge in [-0.05, 0) is 30.7 Å². The molecule has 6 nitrogen and oxygen atoms in total. The number of nitrogen functional groups attached to an aromatic ring is 1. The van der Waals surface area contributed by atoms with Gasteiger partial charge in [0.15, 0.2) is 5.82 Å². The Labute approximate surface area is 110 Å². The molecule has 0 aliphatic heterocycles. The number of aromatic nitrogens is 5. The van der Waals surface area contributed by atoms with E-state index >= 15 is 0 Å². The van der Waals surface area contributed by atoms with Crippen molar-refractivity contribution in [3.8, 4) is 5.69 Å². The molecular weight excluding hydrogens is 240 g/mol. The van der Waals surface area contributed by atoms with Crippen molar-refractivity contribution >= 4 is 5.82 Å². The highest BCUT2D eigenvalue weighted by Crippen LogP contribution is 2.12. The van der Waals surface area contributed by atoms with E-state index < -0.39 is 0 Å². The number of nitrogens with two attached hydrogens (primary N) is 1. The third-order valence-corrected chi connectivity index (χ3v) is 3.06. The van der Waals surface area contributed by atoms with Crippen LogP contribution in [-0.4, -0.2) is 24.8 Å². The lowest BCUT2D eigenvalue weighted by atomic mass is 10.2. The van der Waals surface area contributed by atoms with E-state index in [9.17, 15) is 0 Å². The third-order valence-electron chi connectivity index (χ3n) is 3.06. The lowest BCUT2D eigenvalue weighted by molar-refractivity contribution is 0.633. The lowest BCUT2D eigenvalue weighted by Crippen LogP contribution is -2.04. The van der Waals surface area contributed by atoms with E-state index in [-0.39, 0.29) is 0 Å². The van der Waals surface area contributed by atoms with Gasteiger partial charge in [0.1, 0.15) is 0 Å². The summed E-state index contributed by atoms with van der Waals surface area (Å²) in [6, 6.07) is 10.0. The van der Waals surface area contributed by atoms with Crippen LogP contribution in [0.25, 0.3) is 5.69 Å². The van der Waals surface area contributed by atoms with Gasteiger partial charge in [0.25, 0.3) is 0 Å². The number of anilines is 1. The normalized spacial score (nSPS) is 10.8. The van der Waals surface area contributed by atoms with E-state index in [1.807, 2.05) is 48.1 Å².